The Morgan fingerprint density at radius 1 is 1.27 bits per heavy atom. The maximum atomic E-state index is 5.23. The third kappa shape index (κ3) is 2.62. The van der Waals surface area contributed by atoms with Crippen molar-refractivity contribution in [3.05, 3.63) is 29.6 Å². The molecule has 0 aliphatic rings. The number of anilines is 1. The second-order valence-corrected chi connectivity index (χ2v) is 5.94. The number of nitrogens with one attached hydrogen (secondary N) is 1. The lowest BCUT2D eigenvalue weighted by Crippen LogP contribution is -2.14. The maximum absolute atomic E-state index is 5.23. The van der Waals surface area contributed by atoms with Crippen LogP contribution in [0.25, 0.3) is 16.6 Å². The van der Waals surface area contributed by atoms with Crippen molar-refractivity contribution in [2.24, 2.45) is 5.92 Å². The average Bonchev–Trinajstić information content (AvgIpc) is 2.90. The molecular weight excluding hydrogens is 278 g/mol. The van der Waals surface area contributed by atoms with Crippen molar-refractivity contribution in [1.82, 2.24) is 19.6 Å². The quantitative estimate of drug-likeness (QED) is 0.785. The Hall–Kier alpha value is -2.21. The molecule has 0 amide bonds. The minimum atomic E-state index is 0.399. The minimum absolute atomic E-state index is 0.399. The van der Waals surface area contributed by atoms with E-state index in [4.69, 9.17) is 9.72 Å². The first-order chi connectivity index (χ1) is 10.6. The number of benzene rings is 1. The normalized spacial score (nSPS) is 11.7. The number of fused-ring (bicyclic) bond motifs is 3. The van der Waals surface area contributed by atoms with E-state index < -0.39 is 0 Å². The zero-order valence-electron chi connectivity index (χ0n) is 13.4. The molecule has 0 radical (unpaired) electrons. The average molecular weight is 299 g/mol. The Morgan fingerprint density at radius 3 is 2.82 bits per heavy atom. The highest BCUT2D eigenvalue weighted by molar-refractivity contribution is 5.92. The summed E-state index contributed by atoms with van der Waals surface area (Å²) in [6.45, 7) is 7.63. The van der Waals surface area contributed by atoms with E-state index in [1.807, 2.05) is 10.5 Å². The van der Waals surface area contributed by atoms with Gasteiger partial charge in [-0.15, -0.1) is 10.2 Å². The topological polar surface area (TPSA) is 64.3 Å². The summed E-state index contributed by atoms with van der Waals surface area (Å²) < 4.78 is 7.18. The summed E-state index contributed by atoms with van der Waals surface area (Å²) in [5.41, 5.74) is 2.91. The standard InChI is InChI=1S/C16H21N5O/c1-10(2)8-17-16-18-13-6-5-11(3)7-12(13)15-20-19-14(9-22-4)21(15)16/h5-7,10H,8-9H2,1-4H3,(H,17,18). The van der Waals surface area contributed by atoms with Gasteiger partial charge in [0.05, 0.1) is 5.52 Å². The molecule has 0 saturated heterocycles. The predicted octanol–water partition coefficient (Wildman–Crippen LogP) is 2.80. The SMILES string of the molecule is COCc1nnc2c3cc(C)ccc3nc(NCC(C)C)n12. The van der Waals surface area contributed by atoms with Crippen LogP contribution in [0, 0.1) is 12.8 Å². The van der Waals surface area contributed by atoms with Crippen LogP contribution in [0.1, 0.15) is 25.2 Å². The van der Waals surface area contributed by atoms with Crippen LogP contribution in [0.2, 0.25) is 0 Å². The second-order valence-electron chi connectivity index (χ2n) is 5.94. The van der Waals surface area contributed by atoms with Crippen LogP contribution in [0.15, 0.2) is 18.2 Å². The Bertz CT molecular complexity index is 809. The lowest BCUT2D eigenvalue weighted by Gasteiger charge is -2.13. The summed E-state index contributed by atoms with van der Waals surface area (Å²) in [6, 6.07) is 6.18. The summed E-state index contributed by atoms with van der Waals surface area (Å²) in [5.74, 6) is 2.03. The predicted molar refractivity (Wildman–Crippen MR) is 87.1 cm³/mol. The highest BCUT2D eigenvalue weighted by Crippen LogP contribution is 2.23. The van der Waals surface area contributed by atoms with Crippen molar-refractivity contribution < 1.29 is 4.74 Å². The monoisotopic (exact) mass is 299 g/mol. The van der Waals surface area contributed by atoms with E-state index in [1.165, 1.54) is 5.56 Å². The molecule has 2 heterocycles. The van der Waals surface area contributed by atoms with Crippen LogP contribution in [0.5, 0.6) is 0 Å². The molecule has 1 N–H and O–H groups in total. The zero-order chi connectivity index (χ0) is 15.7. The van der Waals surface area contributed by atoms with Gasteiger partial charge in [-0.25, -0.2) is 9.38 Å². The van der Waals surface area contributed by atoms with Gasteiger partial charge in [0.25, 0.3) is 0 Å². The van der Waals surface area contributed by atoms with Crippen LogP contribution >= 0.6 is 0 Å². The summed E-state index contributed by atoms with van der Waals surface area (Å²) in [4.78, 5) is 4.75. The van der Waals surface area contributed by atoms with E-state index in [0.29, 0.717) is 12.5 Å². The van der Waals surface area contributed by atoms with Gasteiger partial charge in [0.15, 0.2) is 11.5 Å². The fourth-order valence-corrected chi connectivity index (χ4v) is 2.44. The maximum Gasteiger partial charge on any atom is 0.210 e. The van der Waals surface area contributed by atoms with Gasteiger partial charge in [0.2, 0.25) is 5.95 Å². The first-order valence-electron chi connectivity index (χ1n) is 7.47. The lowest BCUT2D eigenvalue weighted by molar-refractivity contribution is 0.177. The van der Waals surface area contributed by atoms with Gasteiger partial charge in [-0.2, -0.15) is 0 Å². The smallest absolute Gasteiger partial charge is 0.210 e. The molecule has 3 rings (SSSR count). The highest BCUT2D eigenvalue weighted by atomic mass is 16.5. The number of hydrogen-bond donors (Lipinski definition) is 1. The number of nitrogens with zero attached hydrogens (tertiary/aromatic N) is 4. The summed E-state index contributed by atoms with van der Waals surface area (Å²) >= 11 is 0. The molecule has 22 heavy (non-hydrogen) atoms. The molecule has 0 spiro atoms. The van der Waals surface area contributed by atoms with E-state index in [1.54, 1.807) is 7.11 Å². The molecule has 0 unspecified atom stereocenters. The van der Waals surface area contributed by atoms with Crippen molar-refractivity contribution in [3.63, 3.8) is 0 Å². The molecule has 0 bridgehead atoms. The van der Waals surface area contributed by atoms with Crippen LogP contribution in [0.3, 0.4) is 0 Å². The Kier molecular flexibility index (Phi) is 3.94. The molecule has 6 heteroatoms. The number of rotatable bonds is 5. The van der Waals surface area contributed by atoms with Gasteiger partial charge in [-0.1, -0.05) is 25.5 Å². The largest absolute Gasteiger partial charge is 0.377 e. The Morgan fingerprint density at radius 2 is 2.09 bits per heavy atom. The highest BCUT2D eigenvalue weighted by Gasteiger charge is 2.15. The van der Waals surface area contributed by atoms with Crippen molar-refractivity contribution in [2.75, 3.05) is 19.0 Å². The first kappa shape index (κ1) is 14.7. The Labute approximate surface area is 129 Å². The van der Waals surface area contributed by atoms with Gasteiger partial charge < -0.3 is 10.1 Å². The summed E-state index contributed by atoms with van der Waals surface area (Å²) in [6.07, 6.45) is 0. The van der Waals surface area contributed by atoms with Crippen molar-refractivity contribution in [1.29, 1.82) is 0 Å². The van der Waals surface area contributed by atoms with Crippen molar-refractivity contribution >= 4 is 22.5 Å². The van der Waals surface area contributed by atoms with E-state index in [2.05, 4.69) is 48.4 Å². The summed E-state index contributed by atoms with van der Waals surface area (Å²) in [7, 11) is 1.65. The zero-order valence-corrected chi connectivity index (χ0v) is 13.4. The molecule has 3 aromatic rings. The number of hydrogen-bond acceptors (Lipinski definition) is 5. The molecule has 116 valence electrons. The van der Waals surface area contributed by atoms with Crippen LogP contribution in [-0.4, -0.2) is 33.2 Å². The van der Waals surface area contributed by atoms with Crippen LogP contribution < -0.4 is 5.32 Å². The van der Waals surface area contributed by atoms with Gasteiger partial charge in [-0.05, 0) is 25.0 Å². The molecule has 0 atom stereocenters. The van der Waals surface area contributed by atoms with Gasteiger partial charge in [-0.3, -0.25) is 0 Å². The lowest BCUT2D eigenvalue weighted by atomic mass is 10.1. The number of aromatic nitrogens is 4. The third-order valence-corrected chi connectivity index (χ3v) is 3.50. The van der Waals surface area contributed by atoms with Crippen LogP contribution in [-0.2, 0) is 11.3 Å². The van der Waals surface area contributed by atoms with Crippen molar-refractivity contribution in [2.45, 2.75) is 27.4 Å². The number of ether oxygens (including phenoxy) is 1. The molecular formula is C16H21N5O. The fraction of sp³-hybridized carbons (Fsp3) is 0.438. The molecule has 6 nitrogen and oxygen atoms in total. The van der Waals surface area contributed by atoms with Gasteiger partial charge in [0.1, 0.15) is 6.61 Å². The molecule has 0 aliphatic heterocycles. The third-order valence-electron chi connectivity index (χ3n) is 3.50. The van der Waals surface area contributed by atoms with Crippen LogP contribution in [0.4, 0.5) is 5.95 Å². The molecule has 0 aliphatic carbocycles. The van der Waals surface area contributed by atoms with E-state index in [9.17, 15) is 0 Å². The molecule has 0 fully saturated rings. The second kappa shape index (κ2) is 5.88. The van der Waals surface area contributed by atoms with E-state index in [0.717, 1.165) is 34.9 Å². The first-order valence-corrected chi connectivity index (χ1v) is 7.47. The number of methoxy groups -OCH3 is 1. The molecule has 0 saturated carbocycles. The van der Waals surface area contributed by atoms with E-state index >= 15 is 0 Å². The fourth-order valence-electron chi connectivity index (χ4n) is 2.44. The van der Waals surface area contributed by atoms with Gasteiger partial charge in [0, 0.05) is 19.0 Å². The minimum Gasteiger partial charge on any atom is -0.377 e. The van der Waals surface area contributed by atoms with Crippen molar-refractivity contribution in [3.8, 4) is 0 Å². The van der Waals surface area contributed by atoms with Gasteiger partial charge >= 0.3 is 0 Å². The summed E-state index contributed by atoms with van der Waals surface area (Å²) in [5, 5.41) is 13.0. The number of aryl methyl sites for hydroxylation is 1. The molecule has 1 aromatic carbocycles. The van der Waals surface area contributed by atoms with E-state index in [-0.39, 0.29) is 0 Å². The molecule has 2 aromatic heterocycles. The Balaban J connectivity index is 2.24.